The lowest BCUT2D eigenvalue weighted by molar-refractivity contribution is 0.537. The molecule has 100 valence electrons. The second kappa shape index (κ2) is 5.42. The topological polar surface area (TPSA) is 50.9 Å². The van der Waals surface area contributed by atoms with Crippen molar-refractivity contribution in [3.63, 3.8) is 0 Å². The molecule has 3 nitrogen and oxygen atoms in total. The molecule has 0 aliphatic rings. The summed E-state index contributed by atoms with van der Waals surface area (Å²) in [6.45, 7) is 3.44. The summed E-state index contributed by atoms with van der Waals surface area (Å²) in [4.78, 5) is 4.15. The Morgan fingerprint density at radius 1 is 1.16 bits per heavy atom. The molecule has 0 fully saturated rings. The number of rotatable bonds is 3. The minimum Gasteiger partial charge on any atom is -0.271 e. The predicted molar refractivity (Wildman–Crippen MR) is 69.2 cm³/mol. The Labute approximate surface area is 110 Å². The summed E-state index contributed by atoms with van der Waals surface area (Å²) in [7, 11) is 0. The monoisotopic (exact) mass is 263 g/mol. The number of nitrogens with zero attached hydrogens (tertiary/aromatic N) is 1. The molecule has 0 amide bonds. The number of hydrogen-bond acceptors (Lipinski definition) is 3. The third-order valence-electron chi connectivity index (χ3n) is 3.02. The molecular formula is C14H15F2N3. The number of nitrogens with two attached hydrogens (primary N) is 1. The van der Waals surface area contributed by atoms with Gasteiger partial charge in [-0.3, -0.25) is 10.8 Å². The van der Waals surface area contributed by atoms with E-state index in [1.165, 1.54) is 6.07 Å². The molecule has 1 aromatic carbocycles. The van der Waals surface area contributed by atoms with Crippen LogP contribution in [0.2, 0.25) is 0 Å². The summed E-state index contributed by atoms with van der Waals surface area (Å²) in [6.07, 6.45) is 1.62. The summed E-state index contributed by atoms with van der Waals surface area (Å²) in [5, 5.41) is 0. The fourth-order valence-electron chi connectivity index (χ4n) is 1.92. The second-order valence-corrected chi connectivity index (χ2v) is 4.46. The van der Waals surface area contributed by atoms with Crippen LogP contribution in [0.3, 0.4) is 0 Å². The lowest BCUT2D eigenvalue weighted by Crippen LogP contribution is -2.29. The third-order valence-corrected chi connectivity index (χ3v) is 3.02. The van der Waals surface area contributed by atoms with Crippen LogP contribution in [0.25, 0.3) is 0 Å². The summed E-state index contributed by atoms with van der Waals surface area (Å²) in [6, 6.07) is 5.39. The molecule has 1 aromatic heterocycles. The van der Waals surface area contributed by atoms with Gasteiger partial charge in [-0.1, -0.05) is 6.07 Å². The zero-order chi connectivity index (χ0) is 14.0. The average Bonchev–Trinajstić information content (AvgIpc) is 2.38. The molecule has 2 aromatic rings. The van der Waals surface area contributed by atoms with Crippen LogP contribution in [-0.2, 0) is 0 Å². The molecule has 2 rings (SSSR count). The van der Waals surface area contributed by atoms with Gasteiger partial charge in [0, 0.05) is 23.5 Å². The number of hydrogen-bond donors (Lipinski definition) is 2. The van der Waals surface area contributed by atoms with Gasteiger partial charge in [0.2, 0.25) is 0 Å². The van der Waals surface area contributed by atoms with Crippen molar-refractivity contribution in [3.05, 3.63) is 64.5 Å². The molecule has 0 radical (unpaired) electrons. The predicted octanol–water partition coefficient (Wildman–Crippen LogP) is 2.53. The molecular weight excluding hydrogens is 248 g/mol. The summed E-state index contributed by atoms with van der Waals surface area (Å²) in [5.41, 5.74) is 4.79. The van der Waals surface area contributed by atoms with Gasteiger partial charge in [0.1, 0.15) is 11.6 Å². The molecule has 1 atom stereocenters. The number of nitrogens with one attached hydrogen (secondary N) is 1. The van der Waals surface area contributed by atoms with Gasteiger partial charge in [0.05, 0.1) is 6.04 Å². The molecule has 0 saturated heterocycles. The maximum absolute atomic E-state index is 13.9. The highest BCUT2D eigenvalue weighted by Gasteiger charge is 2.18. The highest BCUT2D eigenvalue weighted by atomic mass is 19.1. The smallest absolute Gasteiger partial charge is 0.131 e. The van der Waals surface area contributed by atoms with E-state index in [0.29, 0.717) is 11.1 Å². The van der Waals surface area contributed by atoms with Crippen molar-refractivity contribution < 1.29 is 8.78 Å². The summed E-state index contributed by atoms with van der Waals surface area (Å²) < 4.78 is 27.2. The largest absolute Gasteiger partial charge is 0.271 e. The highest BCUT2D eigenvalue weighted by Crippen LogP contribution is 2.25. The molecule has 0 aliphatic heterocycles. The molecule has 1 heterocycles. The first-order valence-electron chi connectivity index (χ1n) is 5.87. The van der Waals surface area contributed by atoms with Crippen molar-refractivity contribution >= 4 is 0 Å². The molecule has 0 bridgehead atoms. The van der Waals surface area contributed by atoms with Gasteiger partial charge >= 0.3 is 0 Å². The van der Waals surface area contributed by atoms with Crippen LogP contribution in [0, 0.1) is 25.5 Å². The van der Waals surface area contributed by atoms with Crippen molar-refractivity contribution in [2.75, 3.05) is 0 Å². The molecule has 19 heavy (non-hydrogen) atoms. The van der Waals surface area contributed by atoms with Crippen molar-refractivity contribution in [1.29, 1.82) is 0 Å². The van der Waals surface area contributed by atoms with Gasteiger partial charge in [-0.25, -0.2) is 14.2 Å². The molecule has 0 aliphatic carbocycles. The normalized spacial score (nSPS) is 12.5. The Morgan fingerprint density at radius 2 is 1.89 bits per heavy atom. The number of aromatic nitrogens is 1. The fourth-order valence-corrected chi connectivity index (χ4v) is 1.92. The fraction of sp³-hybridized carbons (Fsp3) is 0.214. The van der Waals surface area contributed by atoms with E-state index in [2.05, 4.69) is 10.4 Å². The van der Waals surface area contributed by atoms with E-state index in [1.54, 1.807) is 13.1 Å². The standard InChI is InChI=1S/C14H15F2N3/c1-8-5-11(13(16)6-12(8)15)14(19-17)10-4-3-9(2)18-7-10/h3-7,14,19H,17H2,1-2H3. The van der Waals surface area contributed by atoms with Gasteiger partial charge < -0.3 is 0 Å². The Hall–Kier alpha value is -1.85. The molecule has 5 heteroatoms. The average molecular weight is 263 g/mol. The van der Waals surface area contributed by atoms with Gasteiger partial charge in [-0.05, 0) is 37.1 Å². The summed E-state index contributed by atoms with van der Waals surface area (Å²) in [5.74, 6) is 4.29. The molecule has 0 saturated carbocycles. The molecule has 3 N–H and O–H groups in total. The minimum absolute atomic E-state index is 0.298. The van der Waals surface area contributed by atoms with E-state index >= 15 is 0 Å². The second-order valence-electron chi connectivity index (χ2n) is 4.46. The van der Waals surface area contributed by atoms with Crippen LogP contribution < -0.4 is 11.3 Å². The van der Waals surface area contributed by atoms with Crippen molar-refractivity contribution in [3.8, 4) is 0 Å². The Morgan fingerprint density at radius 3 is 2.47 bits per heavy atom. The van der Waals surface area contributed by atoms with Gasteiger partial charge in [-0.15, -0.1) is 0 Å². The molecule has 0 spiro atoms. The number of halogens is 2. The minimum atomic E-state index is -0.633. The van der Waals surface area contributed by atoms with Crippen LogP contribution in [-0.4, -0.2) is 4.98 Å². The van der Waals surface area contributed by atoms with Crippen LogP contribution in [0.4, 0.5) is 8.78 Å². The zero-order valence-corrected chi connectivity index (χ0v) is 10.7. The lowest BCUT2D eigenvalue weighted by Gasteiger charge is -2.18. The van der Waals surface area contributed by atoms with E-state index in [0.717, 1.165) is 17.3 Å². The van der Waals surface area contributed by atoms with Gasteiger partial charge in [-0.2, -0.15) is 0 Å². The van der Waals surface area contributed by atoms with Crippen molar-refractivity contribution in [2.45, 2.75) is 19.9 Å². The number of aryl methyl sites for hydroxylation is 2. The quantitative estimate of drug-likeness (QED) is 0.661. The SMILES string of the molecule is Cc1ccc(C(NN)c2cc(C)c(F)cc2F)cn1. The maximum Gasteiger partial charge on any atom is 0.131 e. The highest BCUT2D eigenvalue weighted by molar-refractivity contribution is 5.34. The Balaban J connectivity index is 2.47. The first kappa shape index (κ1) is 13.6. The van der Waals surface area contributed by atoms with E-state index in [1.807, 2.05) is 19.1 Å². The zero-order valence-electron chi connectivity index (χ0n) is 10.7. The van der Waals surface area contributed by atoms with E-state index < -0.39 is 17.7 Å². The van der Waals surface area contributed by atoms with Crippen molar-refractivity contribution in [2.24, 2.45) is 5.84 Å². The number of hydrazine groups is 1. The van der Waals surface area contributed by atoms with E-state index in [4.69, 9.17) is 5.84 Å². The van der Waals surface area contributed by atoms with Crippen LogP contribution >= 0.6 is 0 Å². The third kappa shape index (κ3) is 2.77. The Kier molecular flexibility index (Phi) is 3.87. The molecule has 1 unspecified atom stereocenters. The number of benzene rings is 1. The van der Waals surface area contributed by atoms with Crippen LogP contribution in [0.15, 0.2) is 30.5 Å². The van der Waals surface area contributed by atoms with Crippen LogP contribution in [0.5, 0.6) is 0 Å². The summed E-state index contributed by atoms with van der Waals surface area (Å²) >= 11 is 0. The van der Waals surface area contributed by atoms with Gasteiger partial charge in [0.15, 0.2) is 0 Å². The first-order chi connectivity index (χ1) is 9.02. The van der Waals surface area contributed by atoms with Crippen LogP contribution in [0.1, 0.15) is 28.4 Å². The number of pyridine rings is 1. The lowest BCUT2D eigenvalue weighted by atomic mass is 9.98. The first-order valence-corrected chi connectivity index (χ1v) is 5.87. The van der Waals surface area contributed by atoms with Crippen molar-refractivity contribution in [1.82, 2.24) is 10.4 Å². The Bertz CT molecular complexity index is 582. The maximum atomic E-state index is 13.9. The van der Waals surface area contributed by atoms with Gasteiger partial charge in [0.25, 0.3) is 0 Å². The van der Waals surface area contributed by atoms with E-state index in [-0.39, 0.29) is 0 Å². The van der Waals surface area contributed by atoms with E-state index in [9.17, 15) is 8.78 Å².